The molecule has 1 aromatic rings. The van der Waals surface area contributed by atoms with Crippen molar-refractivity contribution in [2.75, 3.05) is 32.1 Å². The Hall–Kier alpha value is -0.590. The van der Waals surface area contributed by atoms with Gasteiger partial charge in [-0.25, -0.2) is 0 Å². The van der Waals surface area contributed by atoms with Crippen molar-refractivity contribution in [3.8, 4) is 0 Å². The maximum atomic E-state index is 5.30. The fourth-order valence-electron chi connectivity index (χ4n) is 2.31. The Balaban J connectivity index is 1.43. The third-order valence-corrected chi connectivity index (χ3v) is 4.63. The van der Waals surface area contributed by atoms with Gasteiger partial charge in [-0.2, -0.15) is 0 Å². The molecule has 2 saturated carbocycles. The van der Waals surface area contributed by atoms with Gasteiger partial charge in [0.05, 0.1) is 6.61 Å². The first kappa shape index (κ1) is 14.4. The highest BCUT2D eigenvalue weighted by molar-refractivity contribution is 7.99. The van der Waals surface area contributed by atoms with Gasteiger partial charge < -0.3 is 14.6 Å². The normalized spacial score (nSPS) is 18.6. The van der Waals surface area contributed by atoms with Crippen LogP contribution in [0.3, 0.4) is 0 Å². The van der Waals surface area contributed by atoms with Crippen LogP contribution in [0, 0.1) is 0 Å². The van der Waals surface area contributed by atoms with Crippen LogP contribution in [0.25, 0.3) is 0 Å². The van der Waals surface area contributed by atoms with Crippen LogP contribution in [0.15, 0.2) is 5.16 Å². The summed E-state index contributed by atoms with van der Waals surface area (Å²) in [6, 6.07) is 0.689. The van der Waals surface area contributed by atoms with Gasteiger partial charge in [-0.1, -0.05) is 11.8 Å². The molecule has 2 aliphatic carbocycles. The van der Waals surface area contributed by atoms with E-state index < -0.39 is 0 Å². The summed E-state index contributed by atoms with van der Waals surface area (Å²) in [6.45, 7) is 5.54. The molecule has 0 amide bonds. The molecule has 0 unspecified atom stereocenters. The summed E-state index contributed by atoms with van der Waals surface area (Å²) in [5, 5.41) is 13.4. The quantitative estimate of drug-likeness (QED) is 0.530. The minimum Gasteiger partial charge on any atom is -0.380 e. The second-order valence-corrected chi connectivity index (χ2v) is 6.57. The van der Waals surface area contributed by atoms with Crippen LogP contribution < -0.4 is 5.32 Å². The Bertz CT molecular complexity index is 429. The van der Waals surface area contributed by atoms with E-state index in [1.165, 1.54) is 31.5 Å². The first-order valence-corrected chi connectivity index (χ1v) is 8.74. The Morgan fingerprint density at radius 3 is 2.80 bits per heavy atom. The number of hydrogen-bond donors (Lipinski definition) is 1. The summed E-state index contributed by atoms with van der Waals surface area (Å²) in [6.07, 6.45) is 5.21. The minimum atomic E-state index is 0.689. The van der Waals surface area contributed by atoms with Crippen molar-refractivity contribution in [3.05, 3.63) is 5.82 Å². The van der Waals surface area contributed by atoms with Crippen LogP contribution in [-0.4, -0.2) is 46.8 Å². The van der Waals surface area contributed by atoms with Crippen molar-refractivity contribution >= 4 is 11.8 Å². The van der Waals surface area contributed by atoms with E-state index in [9.17, 15) is 0 Å². The smallest absolute Gasteiger partial charge is 0.191 e. The van der Waals surface area contributed by atoms with E-state index in [1.807, 2.05) is 18.7 Å². The molecule has 112 valence electrons. The lowest BCUT2D eigenvalue weighted by atomic mass is 10.4. The van der Waals surface area contributed by atoms with E-state index in [2.05, 4.69) is 20.1 Å². The Kier molecular flexibility index (Phi) is 4.96. The van der Waals surface area contributed by atoms with Gasteiger partial charge in [0.1, 0.15) is 5.82 Å². The predicted octanol–water partition coefficient (Wildman–Crippen LogP) is 2.21. The Labute approximate surface area is 124 Å². The van der Waals surface area contributed by atoms with E-state index in [1.54, 1.807) is 0 Å². The Morgan fingerprint density at radius 2 is 2.10 bits per heavy atom. The van der Waals surface area contributed by atoms with Crippen LogP contribution in [0.2, 0.25) is 0 Å². The number of nitrogens with zero attached hydrogens (tertiary/aromatic N) is 3. The number of thioether (sulfide) groups is 1. The molecule has 6 heteroatoms. The average Bonchev–Trinajstić information content (AvgIpc) is 3.37. The van der Waals surface area contributed by atoms with Crippen molar-refractivity contribution in [3.63, 3.8) is 0 Å². The molecule has 2 aliphatic rings. The highest BCUT2D eigenvalue weighted by Gasteiger charge is 2.36. The zero-order valence-corrected chi connectivity index (χ0v) is 13.0. The molecule has 2 fully saturated rings. The van der Waals surface area contributed by atoms with E-state index in [-0.39, 0.29) is 0 Å². The van der Waals surface area contributed by atoms with Crippen LogP contribution in [-0.2, 0) is 4.74 Å². The fourth-order valence-corrected chi connectivity index (χ4v) is 3.22. The van der Waals surface area contributed by atoms with E-state index in [0.717, 1.165) is 37.2 Å². The summed E-state index contributed by atoms with van der Waals surface area (Å²) in [5.74, 6) is 2.99. The predicted molar refractivity (Wildman–Crippen MR) is 80.4 cm³/mol. The SMILES string of the molecule is CCOCCNCCSc1nnc(C2CC2)n1C1CC1. The van der Waals surface area contributed by atoms with Gasteiger partial charge in [-0.15, -0.1) is 10.2 Å². The van der Waals surface area contributed by atoms with E-state index in [0.29, 0.717) is 12.0 Å². The first-order valence-electron chi connectivity index (χ1n) is 7.76. The zero-order chi connectivity index (χ0) is 13.8. The van der Waals surface area contributed by atoms with E-state index >= 15 is 0 Å². The highest BCUT2D eigenvalue weighted by atomic mass is 32.2. The van der Waals surface area contributed by atoms with Crippen molar-refractivity contribution < 1.29 is 4.74 Å². The lowest BCUT2D eigenvalue weighted by molar-refractivity contribution is 0.150. The number of ether oxygens (including phenoxy) is 1. The first-order chi connectivity index (χ1) is 9.90. The second-order valence-electron chi connectivity index (χ2n) is 5.51. The minimum absolute atomic E-state index is 0.689. The molecule has 20 heavy (non-hydrogen) atoms. The maximum absolute atomic E-state index is 5.30. The number of nitrogens with one attached hydrogen (secondary N) is 1. The number of hydrogen-bond acceptors (Lipinski definition) is 5. The standard InChI is InChI=1S/C14H24N4OS/c1-2-19-9-7-15-8-10-20-14-17-16-13(11-3-4-11)18(14)12-5-6-12/h11-12,15H,2-10H2,1H3. The van der Waals surface area contributed by atoms with Crippen molar-refractivity contribution in [2.45, 2.75) is 49.7 Å². The Morgan fingerprint density at radius 1 is 1.25 bits per heavy atom. The largest absolute Gasteiger partial charge is 0.380 e. The summed E-state index contributed by atoms with van der Waals surface area (Å²) in [4.78, 5) is 0. The van der Waals surface area contributed by atoms with Gasteiger partial charge >= 0.3 is 0 Å². The molecule has 5 nitrogen and oxygen atoms in total. The topological polar surface area (TPSA) is 52.0 Å². The van der Waals surface area contributed by atoms with Gasteiger partial charge in [0.25, 0.3) is 0 Å². The van der Waals surface area contributed by atoms with Crippen molar-refractivity contribution in [2.24, 2.45) is 0 Å². The summed E-state index contributed by atoms with van der Waals surface area (Å²) >= 11 is 1.83. The average molecular weight is 296 g/mol. The summed E-state index contributed by atoms with van der Waals surface area (Å²) < 4.78 is 7.72. The summed E-state index contributed by atoms with van der Waals surface area (Å²) in [7, 11) is 0. The third kappa shape index (κ3) is 3.74. The summed E-state index contributed by atoms with van der Waals surface area (Å²) in [5.41, 5.74) is 0. The van der Waals surface area contributed by atoms with Crippen LogP contribution in [0.5, 0.6) is 0 Å². The van der Waals surface area contributed by atoms with Gasteiger partial charge in [0.2, 0.25) is 0 Å². The van der Waals surface area contributed by atoms with Gasteiger partial charge in [0.15, 0.2) is 5.16 Å². The molecule has 1 aromatic heterocycles. The molecule has 3 rings (SSSR count). The second kappa shape index (κ2) is 6.91. The molecule has 0 aromatic carbocycles. The van der Waals surface area contributed by atoms with Crippen molar-refractivity contribution in [1.29, 1.82) is 0 Å². The fraction of sp³-hybridized carbons (Fsp3) is 0.857. The maximum Gasteiger partial charge on any atom is 0.191 e. The van der Waals surface area contributed by atoms with Crippen LogP contribution >= 0.6 is 11.8 Å². The zero-order valence-electron chi connectivity index (χ0n) is 12.2. The van der Waals surface area contributed by atoms with Crippen LogP contribution in [0.1, 0.15) is 50.4 Å². The molecule has 0 aliphatic heterocycles. The molecule has 0 bridgehead atoms. The molecular formula is C14H24N4OS. The lowest BCUT2D eigenvalue weighted by Crippen LogP contribution is -2.22. The molecule has 1 heterocycles. The molecule has 0 spiro atoms. The number of rotatable bonds is 10. The molecule has 0 saturated heterocycles. The number of aromatic nitrogens is 3. The van der Waals surface area contributed by atoms with Gasteiger partial charge in [-0.3, -0.25) is 0 Å². The van der Waals surface area contributed by atoms with E-state index in [4.69, 9.17) is 4.74 Å². The molecule has 0 radical (unpaired) electrons. The third-order valence-electron chi connectivity index (χ3n) is 3.68. The van der Waals surface area contributed by atoms with Gasteiger partial charge in [-0.05, 0) is 32.6 Å². The molecule has 0 atom stereocenters. The van der Waals surface area contributed by atoms with Crippen LogP contribution in [0.4, 0.5) is 0 Å². The van der Waals surface area contributed by atoms with Crippen molar-refractivity contribution in [1.82, 2.24) is 20.1 Å². The van der Waals surface area contributed by atoms with Gasteiger partial charge in [0, 0.05) is 37.4 Å². The monoisotopic (exact) mass is 296 g/mol. The lowest BCUT2D eigenvalue weighted by Gasteiger charge is -2.08. The molecular weight excluding hydrogens is 272 g/mol. The molecule has 1 N–H and O–H groups in total. The highest BCUT2D eigenvalue weighted by Crippen LogP contribution is 2.45.